The molecule has 1 saturated carbocycles. The van der Waals surface area contributed by atoms with Gasteiger partial charge in [-0.25, -0.2) is 0 Å². The summed E-state index contributed by atoms with van der Waals surface area (Å²) in [5.41, 5.74) is 10.6. The third-order valence-electron chi connectivity index (χ3n) is 4.38. The Kier molecular flexibility index (Phi) is 4.08. The normalized spacial score (nSPS) is 14.3. The van der Waals surface area contributed by atoms with E-state index < -0.39 is 0 Å². The van der Waals surface area contributed by atoms with Crippen molar-refractivity contribution in [2.45, 2.75) is 19.4 Å². The number of hydrogen-bond acceptors (Lipinski definition) is 4. The van der Waals surface area contributed by atoms with Gasteiger partial charge in [0.1, 0.15) is 6.33 Å². The number of hydrogen-bond donors (Lipinski definition) is 2. The Balaban J connectivity index is 1.90. The topological polar surface area (TPSA) is 68.2 Å². The Labute approximate surface area is 149 Å². The standard InChI is InChI=1S/C17H17Cl2N5/c18-11-3-4-12(15(19)5-11)14-8-24-9-22-23-17(24)16(13(14)6-20)21-7-10-1-2-10/h3-5,8-10,21H,1-2,6-7,20H2. The van der Waals surface area contributed by atoms with E-state index in [1.165, 1.54) is 12.8 Å². The molecule has 4 rings (SSSR count). The molecule has 1 aliphatic carbocycles. The molecule has 3 aromatic rings. The van der Waals surface area contributed by atoms with Crippen LogP contribution in [0.1, 0.15) is 18.4 Å². The van der Waals surface area contributed by atoms with Gasteiger partial charge in [-0.15, -0.1) is 10.2 Å². The lowest BCUT2D eigenvalue weighted by molar-refractivity contribution is 0.884. The maximum Gasteiger partial charge on any atom is 0.184 e. The summed E-state index contributed by atoms with van der Waals surface area (Å²) in [6, 6.07) is 5.49. The fourth-order valence-corrected chi connectivity index (χ4v) is 3.42. The van der Waals surface area contributed by atoms with E-state index in [1.54, 1.807) is 12.4 Å². The van der Waals surface area contributed by atoms with Crippen molar-refractivity contribution in [1.29, 1.82) is 0 Å². The molecule has 7 heteroatoms. The molecular formula is C17H17Cl2N5. The molecule has 0 bridgehead atoms. The van der Waals surface area contributed by atoms with Crippen molar-refractivity contribution in [3.05, 3.63) is 46.3 Å². The first-order valence-electron chi connectivity index (χ1n) is 7.92. The summed E-state index contributed by atoms with van der Waals surface area (Å²) >= 11 is 12.5. The second-order valence-corrected chi connectivity index (χ2v) is 6.95. The maximum atomic E-state index is 6.42. The van der Waals surface area contributed by atoms with Crippen LogP contribution in [0.4, 0.5) is 5.69 Å². The van der Waals surface area contributed by atoms with Crippen LogP contribution < -0.4 is 11.1 Å². The van der Waals surface area contributed by atoms with Crippen LogP contribution in [0.2, 0.25) is 10.0 Å². The Bertz CT molecular complexity index is 901. The highest BCUT2D eigenvalue weighted by molar-refractivity contribution is 6.36. The molecule has 3 N–H and O–H groups in total. The summed E-state index contributed by atoms with van der Waals surface area (Å²) in [5, 5.41) is 13.0. The second kappa shape index (κ2) is 6.24. The maximum absolute atomic E-state index is 6.42. The number of fused-ring (bicyclic) bond motifs is 1. The van der Waals surface area contributed by atoms with Gasteiger partial charge in [-0.05, 0) is 30.9 Å². The van der Waals surface area contributed by atoms with Crippen LogP contribution in [0.3, 0.4) is 0 Å². The molecule has 2 aromatic heterocycles. The van der Waals surface area contributed by atoms with Crippen molar-refractivity contribution in [2.75, 3.05) is 11.9 Å². The van der Waals surface area contributed by atoms with E-state index in [9.17, 15) is 0 Å². The predicted octanol–water partition coefficient (Wildman–Crippen LogP) is 3.98. The highest BCUT2D eigenvalue weighted by Crippen LogP contribution is 2.37. The van der Waals surface area contributed by atoms with Crippen LogP contribution in [-0.4, -0.2) is 21.1 Å². The van der Waals surface area contributed by atoms with Crippen molar-refractivity contribution in [1.82, 2.24) is 14.6 Å². The van der Waals surface area contributed by atoms with Gasteiger partial charge in [-0.1, -0.05) is 29.3 Å². The van der Waals surface area contributed by atoms with Gasteiger partial charge in [-0.2, -0.15) is 0 Å². The van der Waals surface area contributed by atoms with Crippen LogP contribution in [0, 0.1) is 5.92 Å². The zero-order valence-corrected chi connectivity index (χ0v) is 14.5. The summed E-state index contributed by atoms with van der Waals surface area (Å²) in [4.78, 5) is 0. The number of pyridine rings is 1. The van der Waals surface area contributed by atoms with E-state index in [0.717, 1.165) is 40.5 Å². The first-order valence-corrected chi connectivity index (χ1v) is 8.67. The molecular weight excluding hydrogens is 345 g/mol. The molecule has 0 spiro atoms. The molecule has 1 fully saturated rings. The third kappa shape index (κ3) is 2.83. The van der Waals surface area contributed by atoms with E-state index in [1.807, 2.05) is 22.7 Å². The molecule has 0 amide bonds. The first-order chi connectivity index (χ1) is 11.7. The van der Waals surface area contributed by atoms with Crippen molar-refractivity contribution in [2.24, 2.45) is 11.7 Å². The average molecular weight is 362 g/mol. The van der Waals surface area contributed by atoms with Crippen LogP contribution in [0.25, 0.3) is 16.8 Å². The number of rotatable bonds is 5. The van der Waals surface area contributed by atoms with Gasteiger partial charge >= 0.3 is 0 Å². The Morgan fingerprint density at radius 1 is 1.25 bits per heavy atom. The largest absolute Gasteiger partial charge is 0.381 e. The molecule has 1 aliphatic rings. The number of anilines is 1. The fourth-order valence-electron chi connectivity index (χ4n) is 2.91. The fraction of sp³-hybridized carbons (Fsp3) is 0.294. The zero-order chi connectivity index (χ0) is 16.7. The lowest BCUT2D eigenvalue weighted by Gasteiger charge is -2.17. The predicted molar refractivity (Wildman–Crippen MR) is 97.5 cm³/mol. The molecule has 124 valence electrons. The summed E-state index contributed by atoms with van der Waals surface area (Å²) in [6.07, 6.45) is 6.20. The van der Waals surface area contributed by atoms with Gasteiger partial charge in [0.05, 0.1) is 5.69 Å². The molecule has 5 nitrogen and oxygen atoms in total. The van der Waals surface area contributed by atoms with E-state index in [0.29, 0.717) is 16.6 Å². The van der Waals surface area contributed by atoms with Gasteiger partial charge < -0.3 is 11.1 Å². The van der Waals surface area contributed by atoms with Gasteiger partial charge in [-0.3, -0.25) is 4.40 Å². The number of benzene rings is 1. The lowest BCUT2D eigenvalue weighted by Crippen LogP contribution is -2.12. The number of nitrogens with two attached hydrogens (primary N) is 1. The van der Waals surface area contributed by atoms with Crippen LogP contribution in [0.15, 0.2) is 30.7 Å². The summed E-state index contributed by atoms with van der Waals surface area (Å²) in [7, 11) is 0. The SMILES string of the molecule is NCc1c(-c2ccc(Cl)cc2Cl)cn2cnnc2c1NCC1CC1. The number of halogens is 2. The highest BCUT2D eigenvalue weighted by atomic mass is 35.5. The van der Waals surface area contributed by atoms with E-state index in [-0.39, 0.29) is 0 Å². The minimum atomic E-state index is 0.380. The molecule has 24 heavy (non-hydrogen) atoms. The monoisotopic (exact) mass is 361 g/mol. The number of nitrogens with zero attached hydrogens (tertiary/aromatic N) is 3. The zero-order valence-electron chi connectivity index (χ0n) is 13.0. The third-order valence-corrected chi connectivity index (χ3v) is 4.93. The molecule has 0 atom stereocenters. The number of nitrogens with one attached hydrogen (secondary N) is 1. The van der Waals surface area contributed by atoms with Crippen molar-refractivity contribution in [3.63, 3.8) is 0 Å². The van der Waals surface area contributed by atoms with Crippen LogP contribution in [-0.2, 0) is 6.54 Å². The summed E-state index contributed by atoms with van der Waals surface area (Å²) in [6.45, 7) is 1.30. The van der Waals surface area contributed by atoms with E-state index in [4.69, 9.17) is 28.9 Å². The van der Waals surface area contributed by atoms with Crippen molar-refractivity contribution in [3.8, 4) is 11.1 Å². The summed E-state index contributed by atoms with van der Waals surface area (Å²) < 4.78 is 1.90. The highest BCUT2D eigenvalue weighted by Gasteiger charge is 2.23. The van der Waals surface area contributed by atoms with E-state index >= 15 is 0 Å². The molecule has 0 unspecified atom stereocenters. The Morgan fingerprint density at radius 2 is 2.08 bits per heavy atom. The van der Waals surface area contributed by atoms with Crippen molar-refractivity contribution >= 4 is 34.5 Å². The van der Waals surface area contributed by atoms with Gasteiger partial charge in [0.15, 0.2) is 5.65 Å². The Hall–Kier alpha value is -1.82. The van der Waals surface area contributed by atoms with E-state index in [2.05, 4.69) is 15.5 Å². The second-order valence-electron chi connectivity index (χ2n) is 6.11. The minimum Gasteiger partial charge on any atom is -0.381 e. The quantitative estimate of drug-likeness (QED) is 0.720. The smallest absolute Gasteiger partial charge is 0.184 e. The Morgan fingerprint density at radius 3 is 2.79 bits per heavy atom. The first kappa shape index (κ1) is 15.7. The molecule has 0 aliphatic heterocycles. The molecule has 1 aromatic carbocycles. The molecule has 2 heterocycles. The van der Waals surface area contributed by atoms with Crippen molar-refractivity contribution < 1.29 is 0 Å². The van der Waals surface area contributed by atoms with Gasteiger partial charge in [0, 0.05) is 46.0 Å². The lowest BCUT2D eigenvalue weighted by atomic mass is 10.00. The summed E-state index contributed by atoms with van der Waals surface area (Å²) in [5.74, 6) is 0.737. The average Bonchev–Trinajstić information content (AvgIpc) is 3.27. The van der Waals surface area contributed by atoms with Crippen LogP contribution >= 0.6 is 23.2 Å². The van der Waals surface area contributed by atoms with Gasteiger partial charge in [0.2, 0.25) is 0 Å². The molecule has 0 radical (unpaired) electrons. The van der Waals surface area contributed by atoms with Crippen LogP contribution in [0.5, 0.6) is 0 Å². The van der Waals surface area contributed by atoms with Gasteiger partial charge in [0.25, 0.3) is 0 Å². The minimum absolute atomic E-state index is 0.380. The number of aromatic nitrogens is 3. The molecule has 0 saturated heterocycles.